The number of urea groups is 1. The van der Waals surface area contributed by atoms with Crippen LogP contribution in [0, 0.1) is 0 Å². The number of carbonyl (C=O) groups is 1. The number of fused-ring (bicyclic) bond motifs is 1. The van der Waals surface area contributed by atoms with Crippen LogP contribution < -0.4 is 16.0 Å². The molecule has 4 heteroatoms. The molecule has 1 atom stereocenters. The van der Waals surface area contributed by atoms with E-state index in [-0.39, 0.29) is 12.1 Å². The van der Waals surface area contributed by atoms with Gasteiger partial charge < -0.3 is 16.0 Å². The van der Waals surface area contributed by atoms with Crippen LogP contribution in [0.4, 0.5) is 10.5 Å². The molecule has 1 aromatic rings. The van der Waals surface area contributed by atoms with Crippen molar-refractivity contribution in [2.45, 2.75) is 12.5 Å². The fourth-order valence-electron chi connectivity index (χ4n) is 1.80. The summed E-state index contributed by atoms with van der Waals surface area (Å²) in [6.07, 6.45) is 0.886. The zero-order valence-electron chi connectivity index (χ0n) is 8.71. The summed E-state index contributed by atoms with van der Waals surface area (Å²) in [5.41, 5.74) is 2.43. The topological polar surface area (TPSA) is 53.2 Å². The number of anilines is 1. The number of carbonyl (C=O) groups excluding carboxylic acids is 1. The van der Waals surface area contributed by atoms with Gasteiger partial charge in [-0.1, -0.05) is 18.2 Å². The summed E-state index contributed by atoms with van der Waals surface area (Å²) >= 11 is 0. The summed E-state index contributed by atoms with van der Waals surface area (Å²) in [6.45, 7) is 0.782. The number of benzene rings is 1. The summed E-state index contributed by atoms with van der Waals surface area (Å²) in [7, 11) is 1.62. The van der Waals surface area contributed by atoms with Gasteiger partial charge in [0.25, 0.3) is 0 Å². The Kier molecular flexibility index (Phi) is 2.76. The third-order valence-electron chi connectivity index (χ3n) is 2.58. The van der Waals surface area contributed by atoms with Crippen molar-refractivity contribution < 1.29 is 4.79 Å². The van der Waals surface area contributed by atoms with Gasteiger partial charge in [-0.05, 0) is 18.1 Å². The van der Waals surface area contributed by atoms with E-state index in [4.69, 9.17) is 0 Å². The maximum absolute atomic E-state index is 11.1. The molecule has 0 aromatic heterocycles. The summed E-state index contributed by atoms with van der Waals surface area (Å²) in [5.74, 6) is 0. The van der Waals surface area contributed by atoms with Gasteiger partial charge in [0.1, 0.15) is 0 Å². The van der Waals surface area contributed by atoms with E-state index in [9.17, 15) is 4.79 Å². The molecule has 1 heterocycles. The highest BCUT2D eigenvalue weighted by Gasteiger charge is 2.18. The Morgan fingerprint density at radius 2 is 2.27 bits per heavy atom. The van der Waals surface area contributed by atoms with Gasteiger partial charge in [-0.3, -0.25) is 0 Å². The zero-order valence-corrected chi connectivity index (χ0v) is 8.71. The van der Waals surface area contributed by atoms with Crippen LogP contribution in [-0.4, -0.2) is 25.7 Å². The van der Waals surface area contributed by atoms with Crippen LogP contribution in [0.3, 0.4) is 0 Å². The highest BCUT2D eigenvalue weighted by Crippen LogP contribution is 2.20. The van der Waals surface area contributed by atoms with E-state index < -0.39 is 0 Å². The molecule has 2 amide bonds. The third kappa shape index (κ3) is 2.21. The molecule has 1 aliphatic rings. The zero-order chi connectivity index (χ0) is 10.7. The van der Waals surface area contributed by atoms with Crippen molar-refractivity contribution in [3.63, 3.8) is 0 Å². The van der Waals surface area contributed by atoms with Crippen LogP contribution in [0.1, 0.15) is 5.56 Å². The normalized spacial score (nSPS) is 18.6. The summed E-state index contributed by atoms with van der Waals surface area (Å²) < 4.78 is 0. The van der Waals surface area contributed by atoms with Gasteiger partial charge in [0.15, 0.2) is 0 Å². The van der Waals surface area contributed by atoms with Crippen molar-refractivity contribution >= 4 is 11.7 Å². The molecule has 0 radical (unpaired) electrons. The second-order valence-corrected chi connectivity index (χ2v) is 3.66. The Bertz CT molecular complexity index is 365. The summed E-state index contributed by atoms with van der Waals surface area (Å²) in [5, 5.41) is 8.75. The SMILES string of the molecule is CNC(=O)NC1CNc2ccccc2C1. The van der Waals surface area contributed by atoms with Gasteiger partial charge in [-0.15, -0.1) is 0 Å². The van der Waals surface area contributed by atoms with Crippen LogP contribution in [-0.2, 0) is 6.42 Å². The van der Waals surface area contributed by atoms with E-state index in [1.165, 1.54) is 11.3 Å². The number of rotatable bonds is 1. The maximum Gasteiger partial charge on any atom is 0.314 e. The molecule has 0 fully saturated rings. The van der Waals surface area contributed by atoms with Crippen molar-refractivity contribution in [1.82, 2.24) is 10.6 Å². The average Bonchev–Trinajstić information content (AvgIpc) is 2.29. The molecular formula is C11H15N3O. The number of hydrogen-bond donors (Lipinski definition) is 3. The smallest absolute Gasteiger partial charge is 0.314 e. The van der Waals surface area contributed by atoms with Crippen molar-refractivity contribution in [3.8, 4) is 0 Å². The van der Waals surface area contributed by atoms with Gasteiger partial charge in [-0.25, -0.2) is 4.79 Å². The molecule has 1 aliphatic heterocycles. The van der Waals surface area contributed by atoms with Gasteiger partial charge >= 0.3 is 6.03 Å². The first-order valence-corrected chi connectivity index (χ1v) is 5.09. The molecule has 0 bridgehead atoms. The van der Waals surface area contributed by atoms with Crippen molar-refractivity contribution in [1.29, 1.82) is 0 Å². The van der Waals surface area contributed by atoms with Crippen LogP contribution >= 0.6 is 0 Å². The number of hydrogen-bond acceptors (Lipinski definition) is 2. The Morgan fingerprint density at radius 3 is 3.07 bits per heavy atom. The quantitative estimate of drug-likeness (QED) is 0.639. The lowest BCUT2D eigenvalue weighted by Crippen LogP contribution is -2.46. The van der Waals surface area contributed by atoms with E-state index in [0.717, 1.165) is 13.0 Å². The number of nitrogens with one attached hydrogen (secondary N) is 3. The number of amides is 2. The minimum Gasteiger partial charge on any atom is -0.383 e. The van der Waals surface area contributed by atoms with E-state index >= 15 is 0 Å². The predicted octanol–water partition coefficient (Wildman–Crippen LogP) is 0.952. The Hall–Kier alpha value is -1.71. The predicted molar refractivity (Wildman–Crippen MR) is 60.0 cm³/mol. The molecule has 3 N–H and O–H groups in total. The molecule has 2 rings (SSSR count). The van der Waals surface area contributed by atoms with Crippen molar-refractivity contribution in [3.05, 3.63) is 29.8 Å². The van der Waals surface area contributed by atoms with E-state index in [1.807, 2.05) is 12.1 Å². The lowest BCUT2D eigenvalue weighted by Gasteiger charge is -2.26. The Morgan fingerprint density at radius 1 is 1.47 bits per heavy atom. The molecule has 0 saturated heterocycles. The highest BCUT2D eigenvalue weighted by molar-refractivity contribution is 5.74. The van der Waals surface area contributed by atoms with Crippen LogP contribution in [0.2, 0.25) is 0 Å². The molecule has 4 nitrogen and oxygen atoms in total. The van der Waals surface area contributed by atoms with Gasteiger partial charge in [0.05, 0.1) is 6.04 Å². The average molecular weight is 205 g/mol. The van der Waals surface area contributed by atoms with Crippen LogP contribution in [0.25, 0.3) is 0 Å². The molecule has 1 aromatic carbocycles. The van der Waals surface area contributed by atoms with Gasteiger partial charge in [0.2, 0.25) is 0 Å². The molecule has 15 heavy (non-hydrogen) atoms. The van der Waals surface area contributed by atoms with E-state index in [1.54, 1.807) is 7.05 Å². The third-order valence-corrected chi connectivity index (χ3v) is 2.58. The summed E-state index contributed by atoms with van der Waals surface area (Å²) in [6, 6.07) is 8.22. The summed E-state index contributed by atoms with van der Waals surface area (Å²) in [4.78, 5) is 11.1. The first-order chi connectivity index (χ1) is 7.29. The monoisotopic (exact) mass is 205 g/mol. The van der Waals surface area contributed by atoms with Crippen LogP contribution in [0.5, 0.6) is 0 Å². The van der Waals surface area contributed by atoms with Gasteiger partial charge in [-0.2, -0.15) is 0 Å². The molecule has 80 valence electrons. The number of para-hydroxylation sites is 1. The fourth-order valence-corrected chi connectivity index (χ4v) is 1.80. The maximum atomic E-state index is 11.1. The molecule has 0 aliphatic carbocycles. The van der Waals surface area contributed by atoms with Crippen molar-refractivity contribution in [2.75, 3.05) is 18.9 Å². The first-order valence-electron chi connectivity index (χ1n) is 5.09. The second-order valence-electron chi connectivity index (χ2n) is 3.66. The lowest BCUT2D eigenvalue weighted by atomic mass is 10.00. The van der Waals surface area contributed by atoms with Crippen LogP contribution in [0.15, 0.2) is 24.3 Å². The van der Waals surface area contributed by atoms with Gasteiger partial charge in [0, 0.05) is 19.3 Å². The molecule has 1 unspecified atom stereocenters. The van der Waals surface area contributed by atoms with Crippen molar-refractivity contribution in [2.24, 2.45) is 0 Å². The lowest BCUT2D eigenvalue weighted by molar-refractivity contribution is 0.239. The molecule has 0 spiro atoms. The Balaban J connectivity index is 2.02. The van der Waals surface area contributed by atoms with E-state index in [2.05, 4.69) is 28.1 Å². The largest absolute Gasteiger partial charge is 0.383 e. The fraction of sp³-hybridized carbons (Fsp3) is 0.364. The first kappa shape index (κ1) is 9.83. The Labute approximate surface area is 89.1 Å². The second kappa shape index (κ2) is 4.21. The minimum absolute atomic E-state index is 0.124. The minimum atomic E-state index is -0.124. The highest BCUT2D eigenvalue weighted by atomic mass is 16.2. The standard InChI is InChI=1S/C11H15N3O/c1-12-11(15)14-9-6-8-4-2-3-5-10(8)13-7-9/h2-5,9,13H,6-7H2,1H3,(H2,12,14,15). The molecular weight excluding hydrogens is 190 g/mol. The molecule has 0 saturated carbocycles. The van der Waals surface area contributed by atoms with E-state index in [0.29, 0.717) is 0 Å².